The molecule has 0 aromatic carbocycles. The summed E-state index contributed by atoms with van der Waals surface area (Å²) in [6.07, 6.45) is 1.92. The van der Waals surface area contributed by atoms with Crippen molar-refractivity contribution < 1.29 is 19.4 Å². The minimum Gasteiger partial charge on any atom is -0.465 e. The van der Waals surface area contributed by atoms with Crippen LogP contribution in [0.5, 0.6) is 0 Å². The summed E-state index contributed by atoms with van der Waals surface area (Å²) in [6, 6.07) is 0. The van der Waals surface area contributed by atoms with Crippen molar-refractivity contribution in [2.24, 2.45) is 16.7 Å². The first kappa shape index (κ1) is 14.1. The summed E-state index contributed by atoms with van der Waals surface area (Å²) in [5.41, 5.74) is -0.0288. The number of amides is 1. The lowest BCUT2D eigenvalue weighted by Gasteiger charge is -2.59. The third kappa shape index (κ3) is 2.11. The Kier molecular flexibility index (Phi) is 3.07. The molecular formula is C15H25NO4. The Labute approximate surface area is 120 Å². The Balaban J connectivity index is 1.94. The van der Waals surface area contributed by atoms with Crippen LogP contribution in [-0.2, 0) is 9.47 Å². The second-order valence-electron chi connectivity index (χ2n) is 7.75. The van der Waals surface area contributed by atoms with Gasteiger partial charge in [0, 0.05) is 25.9 Å². The summed E-state index contributed by atoms with van der Waals surface area (Å²) in [5.74, 6) is -0.119. The zero-order chi connectivity index (χ0) is 14.6. The van der Waals surface area contributed by atoms with Crippen LogP contribution in [0.1, 0.15) is 40.0 Å². The van der Waals surface area contributed by atoms with Crippen molar-refractivity contribution >= 4 is 6.09 Å². The Bertz CT molecular complexity index is 411. The Morgan fingerprint density at radius 1 is 1.25 bits per heavy atom. The molecule has 1 saturated carbocycles. The third-order valence-electron chi connectivity index (χ3n) is 5.53. The molecule has 2 atom stereocenters. The van der Waals surface area contributed by atoms with Crippen LogP contribution < -0.4 is 0 Å². The molecule has 0 aromatic heterocycles. The van der Waals surface area contributed by atoms with Gasteiger partial charge in [-0.2, -0.15) is 0 Å². The SMILES string of the molecule is CC(C)(C)C12CC(CN(C(=O)O)C1)CC1(C2)OCCO1. The van der Waals surface area contributed by atoms with Gasteiger partial charge < -0.3 is 19.5 Å². The number of ether oxygens (including phenoxy) is 2. The standard InChI is InChI=1S/C15H25NO4/c1-13(2,3)14-6-11(8-16(10-14)12(17)18)7-15(9-14)19-4-5-20-15/h11H,4-10H2,1-3H3,(H,17,18). The maximum absolute atomic E-state index is 11.4. The highest BCUT2D eigenvalue weighted by Crippen LogP contribution is 2.58. The van der Waals surface area contributed by atoms with E-state index >= 15 is 0 Å². The van der Waals surface area contributed by atoms with Gasteiger partial charge in [0.05, 0.1) is 13.2 Å². The van der Waals surface area contributed by atoms with Crippen LogP contribution in [0.3, 0.4) is 0 Å². The van der Waals surface area contributed by atoms with Crippen molar-refractivity contribution in [2.75, 3.05) is 26.3 Å². The monoisotopic (exact) mass is 283 g/mol. The van der Waals surface area contributed by atoms with Gasteiger partial charge in [-0.3, -0.25) is 0 Å². The van der Waals surface area contributed by atoms with Gasteiger partial charge in [0.1, 0.15) is 0 Å². The van der Waals surface area contributed by atoms with E-state index in [-0.39, 0.29) is 10.8 Å². The summed E-state index contributed by atoms with van der Waals surface area (Å²) < 4.78 is 11.9. The summed E-state index contributed by atoms with van der Waals surface area (Å²) in [5, 5.41) is 9.39. The van der Waals surface area contributed by atoms with Gasteiger partial charge in [0.15, 0.2) is 5.79 Å². The van der Waals surface area contributed by atoms with E-state index in [0.717, 1.165) is 19.3 Å². The van der Waals surface area contributed by atoms with Crippen molar-refractivity contribution in [3.63, 3.8) is 0 Å². The molecule has 3 rings (SSSR count). The Hall–Kier alpha value is -0.810. The predicted octanol–water partition coefficient (Wildman–Crippen LogP) is 2.56. The number of hydrogen-bond donors (Lipinski definition) is 1. The summed E-state index contributed by atoms with van der Waals surface area (Å²) in [6.45, 7) is 9.17. The van der Waals surface area contributed by atoms with Gasteiger partial charge in [0.25, 0.3) is 0 Å². The number of carbonyl (C=O) groups is 1. The maximum atomic E-state index is 11.4. The van der Waals surface area contributed by atoms with Gasteiger partial charge in [-0.25, -0.2) is 4.79 Å². The molecule has 1 amide bonds. The Morgan fingerprint density at radius 3 is 2.45 bits per heavy atom. The van der Waals surface area contributed by atoms with E-state index < -0.39 is 11.9 Å². The molecule has 1 spiro atoms. The van der Waals surface area contributed by atoms with Crippen molar-refractivity contribution in [3.8, 4) is 0 Å². The van der Waals surface area contributed by atoms with Crippen molar-refractivity contribution in [1.82, 2.24) is 4.90 Å². The van der Waals surface area contributed by atoms with Gasteiger partial charge in [-0.05, 0) is 23.2 Å². The molecule has 114 valence electrons. The van der Waals surface area contributed by atoms with Gasteiger partial charge >= 0.3 is 6.09 Å². The number of hydrogen-bond acceptors (Lipinski definition) is 3. The average molecular weight is 283 g/mol. The lowest BCUT2D eigenvalue weighted by Crippen LogP contribution is -2.61. The maximum Gasteiger partial charge on any atom is 0.407 e. The minimum atomic E-state index is -0.799. The molecule has 1 aliphatic carbocycles. The van der Waals surface area contributed by atoms with Crippen LogP contribution in [0.4, 0.5) is 4.79 Å². The van der Waals surface area contributed by atoms with E-state index in [1.165, 1.54) is 0 Å². The first-order chi connectivity index (χ1) is 9.25. The molecule has 5 nitrogen and oxygen atoms in total. The van der Waals surface area contributed by atoms with Crippen molar-refractivity contribution in [2.45, 2.75) is 45.8 Å². The number of piperidine rings is 1. The molecule has 2 heterocycles. The summed E-state index contributed by atoms with van der Waals surface area (Å²) in [7, 11) is 0. The van der Waals surface area contributed by atoms with Gasteiger partial charge in [-0.15, -0.1) is 0 Å². The van der Waals surface area contributed by atoms with Gasteiger partial charge in [0.2, 0.25) is 0 Å². The molecule has 0 radical (unpaired) electrons. The molecule has 0 aromatic rings. The quantitative estimate of drug-likeness (QED) is 0.742. The van der Waals surface area contributed by atoms with E-state index in [9.17, 15) is 9.90 Å². The molecule has 2 unspecified atom stereocenters. The fourth-order valence-corrected chi connectivity index (χ4v) is 4.39. The summed E-state index contributed by atoms with van der Waals surface area (Å²) >= 11 is 0. The number of fused-ring (bicyclic) bond motifs is 2. The van der Waals surface area contributed by atoms with Crippen LogP contribution in [0, 0.1) is 16.7 Å². The largest absolute Gasteiger partial charge is 0.465 e. The van der Waals surface area contributed by atoms with Crippen LogP contribution in [0.15, 0.2) is 0 Å². The average Bonchev–Trinajstić information content (AvgIpc) is 2.74. The number of rotatable bonds is 0. The number of nitrogens with zero attached hydrogens (tertiary/aromatic N) is 1. The van der Waals surface area contributed by atoms with E-state index in [1.54, 1.807) is 4.90 Å². The molecule has 20 heavy (non-hydrogen) atoms. The van der Waals surface area contributed by atoms with Crippen LogP contribution in [0.2, 0.25) is 0 Å². The summed E-state index contributed by atoms with van der Waals surface area (Å²) in [4.78, 5) is 13.0. The Morgan fingerprint density at radius 2 is 1.90 bits per heavy atom. The lowest BCUT2D eigenvalue weighted by atomic mass is 9.54. The minimum absolute atomic E-state index is 0.0299. The molecule has 3 aliphatic rings. The number of likely N-dealkylation sites (tertiary alicyclic amines) is 1. The first-order valence-electron chi connectivity index (χ1n) is 7.51. The molecule has 2 bridgehead atoms. The van der Waals surface area contributed by atoms with Crippen LogP contribution in [-0.4, -0.2) is 48.2 Å². The van der Waals surface area contributed by atoms with E-state index in [1.807, 2.05) is 0 Å². The highest BCUT2D eigenvalue weighted by atomic mass is 16.7. The molecule has 1 N–H and O–H groups in total. The highest BCUT2D eigenvalue weighted by Gasteiger charge is 2.59. The first-order valence-corrected chi connectivity index (χ1v) is 7.51. The van der Waals surface area contributed by atoms with E-state index in [2.05, 4.69) is 20.8 Å². The smallest absolute Gasteiger partial charge is 0.407 e. The normalized spacial score (nSPS) is 36.4. The molecule has 5 heteroatoms. The van der Waals surface area contributed by atoms with E-state index in [4.69, 9.17) is 9.47 Å². The highest BCUT2D eigenvalue weighted by molar-refractivity contribution is 5.65. The topological polar surface area (TPSA) is 59.0 Å². The molecule has 3 fully saturated rings. The van der Waals surface area contributed by atoms with Crippen LogP contribution >= 0.6 is 0 Å². The fourth-order valence-electron chi connectivity index (χ4n) is 4.39. The third-order valence-corrected chi connectivity index (χ3v) is 5.53. The zero-order valence-electron chi connectivity index (χ0n) is 12.6. The predicted molar refractivity (Wildman–Crippen MR) is 73.5 cm³/mol. The fraction of sp³-hybridized carbons (Fsp3) is 0.933. The zero-order valence-corrected chi connectivity index (χ0v) is 12.6. The molecular weight excluding hydrogens is 258 g/mol. The van der Waals surface area contributed by atoms with E-state index in [0.29, 0.717) is 32.2 Å². The van der Waals surface area contributed by atoms with Gasteiger partial charge in [-0.1, -0.05) is 20.8 Å². The second kappa shape index (κ2) is 4.34. The molecule has 2 saturated heterocycles. The second-order valence-corrected chi connectivity index (χ2v) is 7.75. The lowest BCUT2D eigenvalue weighted by molar-refractivity contribution is -0.242. The van der Waals surface area contributed by atoms with Crippen molar-refractivity contribution in [3.05, 3.63) is 0 Å². The van der Waals surface area contributed by atoms with Crippen LogP contribution in [0.25, 0.3) is 0 Å². The van der Waals surface area contributed by atoms with Crippen molar-refractivity contribution in [1.29, 1.82) is 0 Å². The molecule has 2 aliphatic heterocycles. The number of carboxylic acid groups (broad SMARTS) is 1.